The third-order valence-electron chi connectivity index (χ3n) is 2.58. The van der Waals surface area contributed by atoms with Crippen molar-refractivity contribution in [3.63, 3.8) is 0 Å². The fraction of sp³-hybridized carbons (Fsp3) is 0.571. The monoisotopic (exact) mass is 253 g/mol. The molecule has 0 bridgehead atoms. The first kappa shape index (κ1) is 15.0. The lowest BCUT2D eigenvalue weighted by Crippen LogP contribution is -2.29. The van der Waals surface area contributed by atoms with Gasteiger partial charge in [0.15, 0.2) is 0 Å². The Morgan fingerprint density at radius 2 is 1.78 bits per heavy atom. The highest BCUT2D eigenvalue weighted by Crippen LogP contribution is 2.20. The molecule has 0 aromatic heterocycles. The average Bonchev–Trinajstić information content (AvgIpc) is 2.36. The Labute approximate surface area is 109 Å². The lowest BCUT2D eigenvalue weighted by molar-refractivity contribution is 0.0202. The summed E-state index contributed by atoms with van der Waals surface area (Å²) in [6.07, 6.45) is -1.69. The van der Waals surface area contributed by atoms with Gasteiger partial charge in [-0.05, 0) is 30.7 Å². The summed E-state index contributed by atoms with van der Waals surface area (Å²) in [4.78, 5) is 0. The van der Waals surface area contributed by atoms with E-state index in [9.17, 15) is 10.2 Å². The second-order valence-electron chi connectivity index (χ2n) is 4.84. The fourth-order valence-electron chi connectivity index (χ4n) is 1.57. The van der Waals surface area contributed by atoms with E-state index >= 15 is 0 Å². The zero-order chi connectivity index (χ0) is 13.5. The lowest BCUT2D eigenvalue weighted by Gasteiger charge is -2.18. The van der Waals surface area contributed by atoms with Crippen molar-refractivity contribution < 1.29 is 14.9 Å². The smallest absolute Gasteiger partial charge is 0.119 e. The number of likely N-dealkylation sites (N-methyl/N-ethyl adjacent to an activating group) is 1. The van der Waals surface area contributed by atoms with Crippen LogP contribution in [0.15, 0.2) is 24.3 Å². The van der Waals surface area contributed by atoms with Crippen molar-refractivity contribution in [2.45, 2.75) is 26.1 Å². The maximum atomic E-state index is 9.90. The Bertz CT molecular complexity index is 337. The molecule has 102 valence electrons. The van der Waals surface area contributed by atoms with Crippen LogP contribution in [0.1, 0.15) is 25.5 Å². The average molecular weight is 253 g/mol. The van der Waals surface area contributed by atoms with Gasteiger partial charge in [0.2, 0.25) is 0 Å². The molecule has 4 nitrogen and oxygen atoms in total. The van der Waals surface area contributed by atoms with Crippen LogP contribution in [0.5, 0.6) is 5.75 Å². The molecule has 1 aromatic rings. The number of ether oxygens (including phenoxy) is 1. The summed E-state index contributed by atoms with van der Waals surface area (Å²) in [7, 11) is 1.73. The molecular formula is C14H23NO3. The number of hydrogen-bond acceptors (Lipinski definition) is 4. The highest BCUT2D eigenvalue weighted by atomic mass is 16.5. The Morgan fingerprint density at radius 1 is 1.17 bits per heavy atom. The summed E-state index contributed by atoms with van der Waals surface area (Å²) in [6, 6.07) is 7.18. The van der Waals surface area contributed by atoms with E-state index in [1.54, 1.807) is 19.2 Å². The molecule has 0 spiro atoms. The first-order valence-corrected chi connectivity index (χ1v) is 6.28. The Hall–Kier alpha value is -1.10. The van der Waals surface area contributed by atoms with Crippen LogP contribution in [-0.2, 0) is 0 Å². The van der Waals surface area contributed by atoms with Crippen LogP contribution in [0.4, 0.5) is 0 Å². The van der Waals surface area contributed by atoms with Gasteiger partial charge in [0.25, 0.3) is 0 Å². The van der Waals surface area contributed by atoms with E-state index in [1.807, 2.05) is 12.1 Å². The van der Waals surface area contributed by atoms with Gasteiger partial charge in [-0.25, -0.2) is 0 Å². The van der Waals surface area contributed by atoms with Gasteiger partial charge in [0, 0.05) is 6.54 Å². The molecule has 2 unspecified atom stereocenters. The van der Waals surface area contributed by atoms with E-state index in [-0.39, 0.29) is 0 Å². The molecule has 4 heteroatoms. The number of hydrogen-bond donors (Lipinski definition) is 3. The zero-order valence-corrected chi connectivity index (χ0v) is 11.3. The van der Waals surface area contributed by atoms with Crippen LogP contribution in [-0.4, -0.2) is 36.5 Å². The van der Waals surface area contributed by atoms with Crippen LogP contribution in [0.3, 0.4) is 0 Å². The second-order valence-corrected chi connectivity index (χ2v) is 4.84. The van der Waals surface area contributed by atoms with Crippen molar-refractivity contribution in [3.8, 4) is 5.75 Å². The van der Waals surface area contributed by atoms with E-state index in [1.165, 1.54) is 0 Å². The van der Waals surface area contributed by atoms with Crippen LogP contribution in [0.25, 0.3) is 0 Å². The van der Waals surface area contributed by atoms with Crippen molar-refractivity contribution in [2.75, 3.05) is 20.2 Å². The minimum atomic E-state index is -0.878. The molecular weight excluding hydrogens is 230 g/mol. The molecule has 0 amide bonds. The molecule has 18 heavy (non-hydrogen) atoms. The van der Waals surface area contributed by atoms with Crippen molar-refractivity contribution in [1.82, 2.24) is 5.32 Å². The van der Waals surface area contributed by atoms with Crippen molar-refractivity contribution in [2.24, 2.45) is 5.92 Å². The second kappa shape index (κ2) is 7.36. The van der Waals surface area contributed by atoms with Crippen molar-refractivity contribution >= 4 is 0 Å². The van der Waals surface area contributed by atoms with Crippen molar-refractivity contribution in [1.29, 1.82) is 0 Å². The molecule has 0 aliphatic rings. The molecule has 1 aromatic carbocycles. The summed E-state index contributed by atoms with van der Waals surface area (Å²) >= 11 is 0. The number of benzene rings is 1. The summed E-state index contributed by atoms with van der Waals surface area (Å²) in [5, 5.41) is 22.4. The third kappa shape index (κ3) is 4.64. The molecule has 0 saturated carbocycles. The molecule has 0 radical (unpaired) electrons. The van der Waals surface area contributed by atoms with Crippen LogP contribution < -0.4 is 10.1 Å². The molecule has 0 fully saturated rings. The van der Waals surface area contributed by atoms with Gasteiger partial charge in [0.05, 0.1) is 12.7 Å². The van der Waals surface area contributed by atoms with E-state index in [0.717, 1.165) is 5.75 Å². The first-order chi connectivity index (χ1) is 8.54. The SMILES string of the molecule is CNCC(O)C(O)c1ccc(OCC(C)C)cc1. The minimum absolute atomic E-state index is 0.354. The predicted molar refractivity (Wildman–Crippen MR) is 71.7 cm³/mol. The number of nitrogens with one attached hydrogen (secondary N) is 1. The lowest BCUT2D eigenvalue weighted by atomic mass is 10.0. The topological polar surface area (TPSA) is 61.7 Å². The number of aliphatic hydroxyl groups excluding tert-OH is 2. The minimum Gasteiger partial charge on any atom is -0.493 e. The maximum absolute atomic E-state index is 9.90. The van der Waals surface area contributed by atoms with Gasteiger partial charge in [-0.2, -0.15) is 0 Å². The van der Waals surface area contributed by atoms with Crippen LogP contribution in [0.2, 0.25) is 0 Å². The normalized spacial score (nSPS) is 14.6. The zero-order valence-electron chi connectivity index (χ0n) is 11.3. The Morgan fingerprint density at radius 3 is 2.28 bits per heavy atom. The summed E-state index contributed by atoms with van der Waals surface area (Å²) in [5.41, 5.74) is 0.689. The predicted octanol–water partition coefficient (Wildman–Crippen LogP) is 1.34. The third-order valence-corrected chi connectivity index (χ3v) is 2.58. The van der Waals surface area contributed by atoms with Crippen LogP contribution in [0, 0.1) is 5.92 Å². The fourth-order valence-corrected chi connectivity index (χ4v) is 1.57. The Kier molecular flexibility index (Phi) is 6.12. The molecule has 0 aliphatic heterocycles. The van der Waals surface area contributed by atoms with E-state index in [0.29, 0.717) is 24.6 Å². The molecule has 2 atom stereocenters. The molecule has 0 saturated heterocycles. The van der Waals surface area contributed by atoms with Gasteiger partial charge >= 0.3 is 0 Å². The molecule has 3 N–H and O–H groups in total. The summed E-state index contributed by atoms with van der Waals surface area (Å²) in [5.74, 6) is 1.26. The van der Waals surface area contributed by atoms with Crippen molar-refractivity contribution in [3.05, 3.63) is 29.8 Å². The quantitative estimate of drug-likeness (QED) is 0.686. The summed E-state index contributed by atoms with van der Waals surface area (Å²) in [6.45, 7) is 5.20. The standard InChI is InChI=1S/C14H23NO3/c1-10(2)9-18-12-6-4-11(5-7-12)14(17)13(16)8-15-3/h4-7,10,13-17H,8-9H2,1-3H3. The molecule has 0 aliphatic carbocycles. The molecule has 0 heterocycles. The highest BCUT2D eigenvalue weighted by molar-refractivity contribution is 5.29. The van der Waals surface area contributed by atoms with E-state index in [2.05, 4.69) is 19.2 Å². The van der Waals surface area contributed by atoms with E-state index in [4.69, 9.17) is 4.74 Å². The highest BCUT2D eigenvalue weighted by Gasteiger charge is 2.17. The van der Waals surface area contributed by atoms with Gasteiger partial charge in [0.1, 0.15) is 11.9 Å². The van der Waals surface area contributed by atoms with Gasteiger partial charge in [-0.15, -0.1) is 0 Å². The number of rotatable bonds is 7. The van der Waals surface area contributed by atoms with Crippen LogP contribution >= 0.6 is 0 Å². The maximum Gasteiger partial charge on any atom is 0.119 e. The van der Waals surface area contributed by atoms with Gasteiger partial charge in [-0.1, -0.05) is 26.0 Å². The largest absolute Gasteiger partial charge is 0.493 e. The van der Waals surface area contributed by atoms with Gasteiger partial charge < -0.3 is 20.3 Å². The molecule has 1 rings (SSSR count). The van der Waals surface area contributed by atoms with E-state index < -0.39 is 12.2 Å². The Balaban J connectivity index is 2.58. The first-order valence-electron chi connectivity index (χ1n) is 6.28. The summed E-state index contributed by atoms with van der Waals surface area (Å²) < 4.78 is 5.55. The number of aliphatic hydroxyl groups is 2. The van der Waals surface area contributed by atoms with Gasteiger partial charge in [-0.3, -0.25) is 0 Å².